The van der Waals surface area contributed by atoms with E-state index < -0.39 is 0 Å². The van der Waals surface area contributed by atoms with E-state index in [1.54, 1.807) is 32.2 Å². The van der Waals surface area contributed by atoms with Crippen molar-refractivity contribution in [1.29, 1.82) is 0 Å². The lowest BCUT2D eigenvalue weighted by Crippen LogP contribution is -2.40. The summed E-state index contributed by atoms with van der Waals surface area (Å²) in [5, 5.41) is 5.79. The van der Waals surface area contributed by atoms with Gasteiger partial charge in [-0.05, 0) is 59.5 Å². The van der Waals surface area contributed by atoms with Crippen LogP contribution in [-0.4, -0.2) is 19.0 Å². The molecular formula is C25H26F2N2O2. The Kier molecular flexibility index (Phi) is 7.73. The number of benzene rings is 3. The number of ether oxygens (including phenoxy) is 1. The van der Waals surface area contributed by atoms with Crippen LogP contribution < -0.4 is 15.4 Å². The Bertz CT molecular complexity index is 1040. The number of hydrogen-bond acceptors (Lipinski definition) is 3. The molecule has 3 rings (SSSR count). The Balaban J connectivity index is 1.79. The van der Waals surface area contributed by atoms with Crippen molar-refractivity contribution >= 4 is 5.91 Å². The number of rotatable bonds is 9. The van der Waals surface area contributed by atoms with E-state index in [1.165, 1.54) is 24.3 Å². The number of nitrogens with one attached hydrogen (secondary N) is 2. The van der Waals surface area contributed by atoms with Crippen LogP contribution in [0.3, 0.4) is 0 Å². The van der Waals surface area contributed by atoms with Gasteiger partial charge in [0.1, 0.15) is 24.0 Å². The minimum atomic E-state index is -0.333. The third-order valence-corrected chi connectivity index (χ3v) is 4.94. The summed E-state index contributed by atoms with van der Waals surface area (Å²) < 4.78 is 33.1. The number of carbonyl (C=O) groups is 1. The quantitative estimate of drug-likeness (QED) is 0.537. The number of likely N-dealkylation sites (N-methyl/N-ethyl adjacent to an activating group) is 1. The Hall–Kier alpha value is -3.25. The topological polar surface area (TPSA) is 50.4 Å². The van der Waals surface area contributed by atoms with Crippen molar-refractivity contribution < 1.29 is 18.3 Å². The highest BCUT2D eigenvalue weighted by molar-refractivity contribution is 5.80. The van der Waals surface area contributed by atoms with E-state index in [-0.39, 0.29) is 30.2 Å². The van der Waals surface area contributed by atoms with Gasteiger partial charge in [0.05, 0.1) is 6.04 Å². The van der Waals surface area contributed by atoms with Crippen molar-refractivity contribution in [2.24, 2.45) is 0 Å². The SMILES string of the molecule is CNC(=O)C(C)NCc1ccc(OCc2cccc(F)c2)c(Cc2cccc(F)c2)c1. The lowest BCUT2D eigenvalue weighted by atomic mass is 10.0. The van der Waals surface area contributed by atoms with Gasteiger partial charge >= 0.3 is 0 Å². The molecule has 6 heteroatoms. The number of carbonyl (C=O) groups excluding carboxylic acids is 1. The van der Waals surface area contributed by atoms with Gasteiger partial charge in [-0.2, -0.15) is 0 Å². The van der Waals surface area contributed by atoms with E-state index in [9.17, 15) is 13.6 Å². The zero-order valence-electron chi connectivity index (χ0n) is 17.6. The third-order valence-electron chi connectivity index (χ3n) is 4.94. The van der Waals surface area contributed by atoms with Gasteiger partial charge in [0.2, 0.25) is 5.91 Å². The molecule has 0 saturated heterocycles. The standard InChI is InChI=1S/C25H26F2N2O2/c1-17(25(30)28-2)29-15-19-9-10-24(31-16-20-6-4-8-23(27)14-20)21(12-19)11-18-5-3-7-22(26)13-18/h3-10,12-14,17,29H,11,15-16H2,1-2H3,(H,28,30). The molecule has 1 unspecified atom stereocenters. The van der Waals surface area contributed by atoms with Crippen LogP contribution in [0.15, 0.2) is 66.7 Å². The molecule has 1 amide bonds. The van der Waals surface area contributed by atoms with Crippen molar-refractivity contribution in [2.75, 3.05) is 7.05 Å². The zero-order valence-corrected chi connectivity index (χ0v) is 17.6. The number of hydrogen-bond donors (Lipinski definition) is 2. The molecule has 3 aromatic rings. The largest absolute Gasteiger partial charge is 0.489 e. The molecule has 0 aliphatic heterocycles. The smallest absolute Gasteiger partial charge is 0.236 e. The lowest BCUT2D eigenvalue weighted by Gasteiger charge is -2.16. The zero-order chi connectivity index (χ0) is 22.2. The summed E-state index contributed by atoms with van der Waals surface area (Å²) in [5.74, 6) is -0.0450. The maximum Gasteiger partial charge on any atom is 0.236 e. The fourth-order valence-corrected chi connectivity index (χ4v) is 3.26. The van der Waals surface area contributed by atoms with Gasteiger partial charge in [-0.3, -0.25) is 4.79 Å². The van der Waals surface area contributed by atoms with Gasteiger partial charge in [-0.25, -0.2) is 8.78 Å². The third kappa shape index (κ3) is 6.62. The second-order valence-corrected chi connectivity index (χ2v) is 7.38. The van der Waals surface area contributed by atoms with Crippen LogP contribution in [0.25, 0.3) is 0 Å². The van der Waals surface area contributed by atoms with Crippen molar-refractivity contribution in [3.05, 3.63) is 101 Å². The highest BCUT2D eigenvalue weighted by Crippen LogP contribution is 2.25. The first-order valence-corrected chi connectivity index (χ1v) is 10.1. The van der Waals surface area contributed by atoms with E-state index >= 15 is 0 Å². The summed E-state index contributed by atoms with van der Waals surface area (Å²) in [6, 6.07) is 18.1. The molecule has 0 spiro atoms. The van der Waals surface area contributed by atoms with Crippen LogP contribution >= 0.6 is 0 Å². The van der Waals surface area contributed by atoms with Crippen molar-refractivity contribution in [2.45, 2.75) is 32.5 Å². The van der Waals surface area contributed by atoms with Gasteiger partial charge in [0.15, 0.2) is 0 Å². The first-order chi connectivity index (χ1) is 14.9. The fourth-order valence-electron chi connectivity index (χ4n) is 3.26. The predicted molar refractivity (Wildman–Crippen MR) is 117 cm³/mol. The van der Waals surface area contributed by atoms with Crippen LogP contribution in [0.1, 0.15) is 29.2 Å². The summed E-state index contributed by atoms with van der Waals surface area (Å²) in [5.41, 5.74) is 3.40. The van der Waals surface area contributed by atoms with E-state index in [2.05, 4.69) is 10.6 Å². The fraction of sp³-hybridized carbons (Fsp3) is 0.240. The van der Waals surface area contributed by atoms with E-state index in [0.29, 0.717) is 18.7 Å². The maximum atomic E-state index is 13.7. The Morgan fingerprint density at radius 2 is 1.61 bits per heavy atom. The molecule has 1 atom stereocenters. The van der Waals surface area contributed by atoms with Crippen molar-refractivity contribution in [3.8, 4) is 5.75 Å². The van der Waals surface area contributed by atoms with Crippen LogP contribution in [0, 0.1) is 11.6 Å². The second-order valence-electron chi connectivity index (χ2n) is 7.38. The average molecular weight is 424 g/mol. The summed E-state index contributed by atoms with van der Waals surface area (Å²) >= 11 is 0. The summed E-state index contributed by atoms with van der Waals surface area (Å²) in [6.07, 6.45) is 0.481. The number of amides is 1. The molecule has 0 aliphatic rings. The molecule has 0 bridgehead atoms. The molecule has 4 nitrogen and oxygen atoms in total. The lowest BCUT2D eigenvalue weighted by molar-refractivity contribution is -0.122. The first kappa shape index (κ1) is 22.4. The monoisotopic (exact) mass is 424 g/mol. The van der Waals surface area contributed by atoms with Crippen LogP contribution in [0.5, 0.6) is 5.75 Å². The molecule has 31 heavy (non-hydrogen) atoms. The van der Waals surface area contributed by atoms with Gasteiger partial charge in [0, 0.05) is 20.0 Å². The van der Waals surface area contributed by atoms with Gasteiger partial charge in [-0.1, -0.05) is 36.4 Å². The average Bonchev–Trinajstić information content (AvgIpc) is 2.76. The molecule has 2 N–H and O–H groups in total. The van der Waals surface area contributed by atoms with Gasteiger partial charge < -0.3 is 15.4 Å². The Morgan fingerprint density at radius 1 is 0.935 bits per heavy atom. The molecular weight excluding hydrogens is 398 g/mol. The highest BCUT2D eigenvalue weighted by atomic mass is 19.1. The van der Waals surface area contributed by atoms with Gasteiger partial charge in [0.25, 0.3) is 0 Å². The minimum absolute atomic E-state index is 0.0879. The van der Waals surface area contributed by atoms with E-state index in [4.69, 9.17) is 4.74 Å². The Morgan fingerprint density at radius 3 is 2.29 bits per heavy atom. The molecule has 0 saturated carbocycles. The van der Waals surface area contributed by atoms with Gasteiger partial charge in [-0.15, -0.1) is 0 Å². The highest BCUT2D eigenvalue weighted by Gasteiger charge is 2.12. The molecule has 0 fully saturated rings. The summed E-state index contributed by atoms with van der Waals surface area (Å²) in [4.78, 5) is 11.7. The van der Waals surface area contributed by atoms with Crippen LogP contribution in [0.4, 0.5) is 8.78 Å². The molecule has 0 aliphatic carbocycles. The van der Waals surface area contributed by atoms with E-state index in [0.717, 1.165) is 22.3 Å². The molecule has 3 aromatic carbocycles. The molecule has 162 valence electrons. The molecule has 0 heterocycles. The molecule has 0 aromatic heterocycles. The van der Waals surface area contributed by atoms with Crippen LogP contribution in [-0.2, 0) is 24.4 Å². The van der Waals surface area contributed by atoms with Crippen molar-refractivity contribution in [1.82, 2.24) is 10.6 Å². The Labute approximate surface area is 181 Å². The van der Waals surface area contributed by atoms with E-state index in [1.807, 2.05) is 24.3 Å². The first-order valence-electron chi connectivity index (χ1n) is 10.1. The summed E-state index contributed by atoms with van der Waals surface area (Å²) in [7, 11) is 1.60. The number of halogens is 2. The predicted octanol–water partition coefficient (Wildman–Crippen LogP) is 4.36. The minimum Gasteiger partial charge on any atom is -0.489 e. The van der Waals surface area contributed by atoms with Crippen LogP contribution in [0.2, 0.25) is 0 Å². The normalized spacial score (nSPS) is 11.7. The molecule has 0 radical (unpaired) electrons. The summed E-state index contributed by atoms with van der Waals surface area (Å²) in [6.45, 7) is 2.51. The second kappa shape index (κ2) is 10.7. The van der Waals surface area contributed by atoms with Crippen molar-refractivity contribution in [3.63, 3.8) is 0 Å². The maximum absolute atomic E-state index is 13.7.